The fourth-order valence-electron chi connectivity index (χ4n) is 0.765. The highest BCUT2D eigenvalue weighted by molar-refractivity contribution is 5.96. The van der Waals surface area contributed by atoms with Gasteiger partial charge in [0.25, 0.3) is 0 Å². The van der Waals surface area contributed by atoms with Crippen LogP contribution in [0.2, 0.25) is 0 Å². The van der Waals surface area contributed by atoms with Gasteiger partial charge in [0.05, 0.1) is 0 Å². The van der Waals surface area contributed by atoms with E-state index in [9.17, 15) is 9.59 Å². The van der Waals surface area contributed by atoms with Crippen molar-refractivity contribution in [2.24, 2.45) is 0 Å². The normalized spacial score (nSPS) is 24.4. The molecule has 0 unspecified atom stereocenters. The number of hydrogen-bond donors (Lipinski definition) is 1. The highest BCUT2D eigenvalue weighted by Gasteiger charge is 2.04. The van der Waals surface area contributed by atoms with E-state index in [1.165, 1.54) is 0 Å². The first-order valence-electron chi connectivity index (χ1n) is 3.43. The molecule has 0 saturated heterocycles. The maximum atomic E-state index is 10.8. The largest absolute Gasteiger partial charge is 0.296 e. The predicted molar refractivity (Wildman–Crippen MR) is 40.7 cm³/mol. The van der Waals surface area contributed by atoms with Crippen molar-refractivity contribution in [1.29, 1.82) is 0 Å². The first-order chi connectivity index (χ1) is 5.29. The maximum Gasteiger partial charge on any atom is 0.230 e. The summed E-state index contributed by atoms with van der Waals surface area (Å²) in [5.41, 5.74) is 0. The van der Waals surface area contributed by atoms with Crippen molar-refractivity contribution >= 4 is 11.8 Å². The third-order valence-electron chi connectivity index (χ3n) is 1.27. The molecule has 0 radical (unpaired) electrons. The summed E-state index contributed by atoms with van der Waals surface area (Å²) in [6.45, 7) is 0. The monoisotopic (exact) mass is 151 g/mol. The van der Waals surface area contributed by atoms with E-state index in [1.54, 1.807) is 24.3 Å². The number of rotatable bonds is 0. The highest BCUT2D eigenvalue weighted by Crippen LogP contribution is 1.92. The summed E-state index contributed by atoms with van der Waals surface area (Å²) in [6, 6.07) is 0. The van der Waals surface area contributed by atoms with Gasteiger partial charge in [-0.2, -0.15) is 0 Å². The van der Waals surface area contributed by atoms with Gasteiger partial charge < -0.3 is 0 Å². The van der Waals surface area contributed by atoms with Crippen molar-refractivity contribution in [2.75, 3.05) is 0 Å². The van der Waals surface area contributed by atoms with Crippen LogP contribution in [0.25, 0.3) is 0 Å². The Morgan fingerprint density at radius 2 is 1.45 bits per heavy atom. The fourth-order valence-corrected chi connectivity index (χ4v) is 0.765. The summed E-state index contributed by atoms with van der Waals surface area (Å²) in [4.78, 5) is 21.6. The minimum Gasteiger partial charge on any atom is -0.296 e. The molecule has 3 heteroatoms. The number of hydrogen-bond acceptors (Lipinski definition) is 2. The van der Waals surface area contributed by atoms with Crippen LogP contribution in [-0.2, 0) is 9.59 Å². The van der Waals surface area contributed by atoms with Crippen LogP contribution in [0.3, 0.4) is 0 Å². The van der Waals surface area contributed by atoms with Crippen molar-refractivity contribution in [3.05, 3.63) is 24.3 Å². The molecule has 58 valence electrons. The Hall–Kier alpha value is -1.38. The molecule has 0 fully saturated rings. The van der Waals surface area contributed by atoms with Crippen LogP contribution < -0.4 is 5.32 Å². The first kappa shape index (κ1) is 7.72. The Morgan fingerprint density at radius 1 is 1.00 bits per heavy atom. The Bertz CT molecular complexity index is 204. The Morgan fingerprint density at radius 3 is 1.91 bits per heavy atom. The van der Waals surface area contributed by atoms with Gasteiger partial charge >= 0.3 is 0 Å². The zero-order valence-electron chi connectivity index (χ0n) is 6.04. The first-order valence-corrected chi connectivity index (χ1v) is 3.43. The summed E-state index contributed by atoms with van der Waals surface area (Å²) in [7, 11) is 0. The molecular weight excluding hydrogens is 142 g/mol. The van der Waals surface area contributed by atoms with Crippen LogP contribution in [0.5, 0.6) is 0 Å². The van der Waals surface area contributed by atoms with Crippen molar-refractivity contribution < 1.29 is 9.59 Å². The minimum atomic E-state index is -0.241. The zero-order valence-corrected chi connectivity index (χ0v) is 6.04. The minimum absolute atomic E-state index is 0.241. The second-order valence-corrected chi connectivity index (χ2v) is 2.24. The number of amides is 2. The van der Waals surface area contributed by atoms with Gasteiger partial charge in [0.2, 0.25) is 11.8 Å². The van der Waals surface area contributed by atoms with Crippen molar-refractivity contribution in [3.63, 3.8) is 0 Å². The average molecular weight is 151 g/mol. The molecule has 0 saturated carbocycles. The predicted octanol–water partition coefficient (Wildman–Crippen LogP) is 0.535. The van der Waals surface area contributed by atoms with E-state index < -0.39 is 0 Å². The summed E-state index contributed by atoms with van der Waals surface area (Å²) in [5, 5.41) is 2.24. The molecule has 0 bridgehead atoms. The molecule has 0 aromatic carbocycles. The van der Waals surface area contributed by atoms with Gasteiger partial charge in [-0.1, -0.05) is 24.3 Å². The Kier molecular flexibility index (Phi) is 2.60. The van der Waals surface area contributed by atoms with E-state index in [2.05, 4.69) is 5.32 Å². The summed E-state index contributed by atoms with van der Waals surface area (Å²) in [6.07, 6.45) is 7.50. The van der Waals surface area contributed by atoms with Crippen LogP contribution in [0.4, 0.5) is 0 Å². The molecule has 3 nitrogen and oxygen atoms in total. The summed E-state index contributed by atoms with van der Waals surface area (Å²) in [5.74, 6) is -0.482. The average Bonchev–Trinajstić information content (AvgIpc) is 2.02. The summed E-state index contributed by atoms with van der Waals surface area (Å²) < 4.78 is 0. The SMILES string of the molecule is O=C1C/C=C\C=C/CC(=O)N1. The second-order valence-electron chi connectivity index (χ2n) is 2.24. The lowest BCUT2D eigenvalue weighted by Crippen LogP contribution is -2.28. The van der Waals surface area contributed by atoms with Crippen LogP contribution in [0, 0.1) is 0 Å². The van der Waals surface area contributed by atoms with Crippen LogP contribution in [0.15, 0.2) is 24.3 Å². The van der Waals surface area contributed by atoms with E-state index in [0.29, 0.717) is 0 Å². The molecule has 1 aliphatic heterocycles. The molecular formula is C8H9NO2. The van der Waals surface area contributed by atoms with Crippen molar-refractivity contribution in [1.82, 2.24) is 5.32 Å². The number of imide groups is 1. The quantitative estimate of drug-likeness (QED) is 0.513. The molecule has 0 aromatic heterocycles. The smallest absolute Gasteiger partial charge is 0.230 e. The van der Waals surface area contributed by atoms with Gasteiger partial charge in [-0.3, -0.25) is 14.9 Å². The van der Waals surface area contributed by atoms with Gasteiger partial charge in [-0.05, 0) is 0 Å². The number of carbonyl (C=O) groups is 2. The lowest BCUT2D eigenvalue weighted by Gasteiger charge is -1.96. The van der Waals surface area contributed by atoms with Gasteiger partial charge in [-0.15, -0.1) is 0 Å². The van der Waals surface area contributed by atoms with Crippen molar-refractivity contribution in [2.45, 2.75) is 12.8 Å². The molecule has 0 aliphatic carbocycles. The highest BCUT2D eigenvalue weighted by atomic mass is 16.2. The van der Waals surface area contributed by atoms with Gasteiger partial charge in [-0.25, -0.2) is 0 Å². The van der Waals surface area contributed by atoms with E-state index in [-0.39, 0.29) is 24.7 Å². The van der Waals surface area contributed by atoms with Gasteiger partial charge in [0.1, 0.15) is 0 Å². The zero-order chi connectivity index (χ0) is 8.10. The lowest BCUT2D eigenvalue weighted by atomic mass is 10.3. The number of carbonyl (C=O) groups excluding carboxylic acids is 2. The van der Waals surface area contributed by atoms with Crippen LogP contribution >= 0.6 is 0 Å². The topological polar surface area (TPSA) is 46.2 Å². The molecule has 1 aliphatic rings. The van der Waals surface area contributed by atoms with E-state index in [0.717, 1.165) is 0 Å². The molecule has 0 atom stereocenters. The van der Waals surface area contributed by atoms with Crippen LogP contribution in [0.1, 0.15) is 12.8 Å². The van der Waals surface area contributed by atoms with E-state index >= 15 is 0 Å². The fraction of sp³-hybridized carbons (Fsp3) is 0.250. The third-order valence-corrected chi connectivity index (χ3v) is 1.27. The van der Waals surface area contributed by atoms with E-state index in [4.69, 9.17) is 0 Å². The Balaban J connectivity index is 2.61. The molecule has 1 N–H and O–H groups in total. The van der Waals surface area contributed by atoms with Crippen LogP contribution in [-0.4, -0.2) is 11.8 Å². The number of nitrogens with one attached hydrogen (secondary N) is 1. The molecule has 1 heterocycles. The van der Waals surface area contributed by atoms with E-state index in [1.807, 2.05) is 0 Å². The van der Waals surface area contributed by atoms with Gasteiger partial charge in [0.15, 0.2) is 0 Å². The Labute approximate surface area is 64.8 Å². The second kappa shape index (κ2) is 3.71. The van der Waals surface area contributed by atoms with Crippen molar-refractivity contribution in [3.8, 4) is 0 Å². The molecule has 2 amide bonds. The summed E-state index contributed by atoms with van der Waals surface area (Å²) >= 11 is 0. The maximum absolute atomic E-state index is 10.8. The number of allylic oxidation sites excluding steroid dienone is 2. The molecule has 0 spiro atoms. The standard InChI is InChI=1S/C8H9NO2/c10-7-5-3-1-2-4-6-8(11)9-7/h1-4H,5-6H2,(H,9,10,11)/b3-1-,4-2-. The molecule has 1 rings (SSSR count). The lowest BCUT2D eigenvalue weighted by molar-refractivity contribution is -0.129. The van der Waals surface area contributed by atoms with Gasteiger partial charge in [0, 0.05) is 12.8 Å². The molecule has 0 aromatic rings. The third kappa shape index (κ3) is 2.80. The molecule has 11 heavy (non-hydrogen) atoms.